The van der Waals surface area contributed by atoms with Crippen molar-refractivity contribution < 1.29 is 24.0 Å². The zero-order chi connectivity index (χ0) is 22.8. The fourth-order valence-electron chi connectivity index (χ4n) is 4.59. The third-order valence-corrected chi connectivity index (χ3v) is 6.30. The lowest BCUT2D eigenvalue weighted by molar-refractivity contribution is -0.907. The van der Waals surface area contributed by atoms with Gasteiger partial charge in [0.1, 0.15) is 12.3 Å². The zero-order valence-electron chi connectivity index (χ0n) is 19.1. The van der Waals surface area contributed by atoms with Gasteiger partial charge in [0.25, 0.3) is 5.91 Å². The zero-order valence-corrected chi connectivity index (χ0v) is 19.1. The van der Waals surface area contributed by atoms with Crippen molar-refractivity contribution in [3.8, 4) is 5.75 Å². The molecule has 168 valence electrons. The number of aromatic nitrogens is 1. The minimum atomic E-state index is -0.405. The van der Waals surface area contributed by atoms with Gasteiger partial charge in [0.2, 0.25) is 0 Å². The van der Waals surface area contributed by atoms with E-state index in [4.69, 9.17) is 9.47 Å². The van der Waals surface area contributed by atoms with E-state index < -0.39 is 5.97 Å². The first-order chi connectivity index (χ1) is 15.4. The van der Waals surface area contributed by atoms with Crippen LogP contribution in [0.25, 0.3) is 10.9 Å². The maximum atomic E-state index is 13.1. The summed E-state index contributed by atoms with van der Waals surface area (Å²) in [4.78, 5) is 27.1. The molecule has 1 aromatic heterocycles. The third-order valence-electron chi connectivity index (χ3n) is 6.30. The largest absolute Gasteiger partial charge is 0.495 e. The van der Waals surface area contributed by atoms with Crippen LogP contribution in [0.3, 0.4) is 0 Å². The molecule has 7 nitrogen and oxygen atoms in total. The number of hydrogen-bond donors (Lipinski definition) is 2. The molecule has 0 radical (unpaired) electrons. The summed E-state index contributed by atoms with van der Waals surface area (Å²) in [6.07, 6.45) is 0.961. The van der Waals surface area contributed by atoms with Crippen LogP contribution in [0.5, 0.6) is 5.75 Å². The van der Waals surface area contributed by atoms with Crippen LogP contribution < -0.4 is 15.0 Å². The number of nitrogens with zero attached hydrogens (tertiary/aromatic N) is 1. The van der Waals surface area contributed by atoms with Gasteiger partial charge in [0.05, 0.1) is 37.0 Å². The van der Waals surface area contributed by atoms with Crippen LogP contribution >= 0.6 is 0 Å². The molecule has 0 fully saturated rings. The number of fused-ring (bicyclic) bond motifs is 2. The number of nitrogens with one attached hydrogen (secondary N) is 2. The van der Waals surface area contributed by atoms with Gasteiger partial charge in [0, 0.05) is 30.1 Å². The number of carbonyl (C=O) groups excluding carboxylic acids is 2. The monoisotopic (exact) mass is 436 g/mol. The fraction of sp³-hybridized carbons (Fsp3) is 0.360. The van der Waals surface area contributed by atoms with Crippen molar-refractivity contribution in [3.05, 3.63) is 58.8 Å². The normalized spacial score (nSPS) is 15.3. The van der Waals surface area contributed by atoms with E-state index in [-0.39, 0.29) is 12.5 Å². The van der Waals surface area contributed by atoms with Crippen molar-refractivity contribution in [2.24, 2.45) is 7.05 Å². The number of aryl methyl sites for hydroxylation is 1. The van der Waals surface area contributed by atoms with Gasteiger partial charge in [-0.15, -0.1) is 0 Å². The highest BCUT2D eigenvalue weighted by Gasteiger charge is 2.27. The molecule has 3 aromatic rings. The Morgan fingerprint density at radius 2 is 1.91 bits per heavy atom. The van der Waals surface area contributed by atoms with Gasteiger partial charge in [-0.2, -0.15) is 0 Å². The van der Waals surface area contributed by atoms with Crippen molar-refractivity contribution >= 4 is 28.5 Å². The maximum absolute atomic E-state index is 13.1. The average molecular weight is 437 g/mol. The Hall–Kier alpha value is -3.32. The Morgan fingerprint density at radius 3 is 2.62 bits per heavy atom. The summed E-state index contributed by atoms with van der Waals surface area (Å²) in [5.74, 6) is 0.0000916. The Bertz CT molecular complexity index is 1180. The topological polar surface area (TPSA) is 74.0 Å². The lowest BCUT2D eigenvalue weighted by atomic mass is 10.00. The molecule has 4 rings (SSSR count). The molecule has 0 spiro atoms. The van der Waals surface area contributed by atoms with Crippen molar-refractivity contribution in [2.75, 3.05) is 32.1 Å². The minimum absolute atomic E-state index is 0.110. The quantitative estimate of drug-likeness (QED) is 0.582. The number of amides is 1. The average Bonchev–Trinajstić information content (AvgIpc) is 3.04. The van der Waals surface area contributed by atoms with E-state index in [9.17, 15) is 9.59 Å². The van der Waals surface area contributed by atoms with E-state index in [0.29, 0.717) is 28.9 Å². The summed E-state index contributed by atoms with van der Waals surface area (Å²) in [5.41, 5.74) is 5.24. The number of methoxy groups -OCH3 is 1. The molecule has 2 heterocycles. The molecule has 1 unspecified atom stereocenters. The second-order valence-corrected chi connectivity index (χ2v) is 8.20. The van der Waals surface area contributed by atoms with E-state index >= 15 is 0 Å². The summed E-state index contributed by atoms with van der Waals surface area (Å²) in [6.45, 7) is 6.00. The molecular formula is C25H30N3O4+. The molecule has 32 heavy (non-hydrogen) atoms. The predicted molar refractivity (Wildman–Crippen MR) is 123 cm³/mol. The van der Waals surface area contributed by atoms with Gasteiger partial charge in [-0.1, -0.05) is 24.3 Å². The Labute approximate surface area is 187 Å². The van der Waals surface area contributed by atoms with Crippen molar-refractivity contribution in [3.63, 3.8) is 0 Å². The molecule has 1 amide bonds. The van der Waals surface area contributed by atoms with Crippen LogP contribution in [0.4, 0.5) is 5.69 Å². The maximum Gasteiger partial charge on any atom is 0.340 e. The molecule has 1 aliphatic heterocycles. The first-order valence-corrected chi connectivity index (χ1v) is 11.0. The Kier molecular flexibility index (Phi) is 6.19. The van der Waals surface area contributed by atoms with Crippen LogP contribution in [-0.4, -0.2) is 43.2 Å². The second kappa shape index (κ2) is 9.04. The summed E-state index contributed by atoms with van der Waals surface area (Å²) in [7, 11) is 3.46. The van der Waals surface area contributed by atoms with Crippen LogP contribution in [-0.2, 0) is 29.5 Å². The van der Waals surface area contributed by atoms with Gasteiger partial charge < -0.3 is 24.3 Å². The predicted octanol–water partition coefficient (Wildman–Crippen LogP) is 2.25. The van der Waals surface area contributed by atoms with Gasteiger partial charge in [0.15, 0.2) is 6.54 Å². The van der Waals surface area contributed by atoms with Gasteiger partial charge >= 0.3 is 5.97 Å². The standard InChI is InChI=1S/C25H29N3O4/c1-5-32-25(30)22-16(2)27(3)19-10-11-20(31-4)24(23(19)22)26-21(29)15-28-13-12-17-8-6-7-9-18(17)14-28/h6-11H,5,12-15H2,1-4H3,(H,26,29)/p+1. The number of benzene rings is 2. The molecule has 0 saturated heterocycles. The summed E-state index contributed by atoms with van der Waals surface area (Å²) < 4.78 is 12.8. The summed E-state index contributed by atoms with van der Waals surface area (Å²) in [5, 5.41) is 3.70. The number of ether oxygens (including phenoxy) is 2. The van der Waals surface area contributed by atoms with E-state index in [2.05, 4.69) is 23.5 Å². The molecule has 7 heteroatoms. The lowest BCUT2D eigenvalue weighted by Gasteiger charge is -2.25. The second-order valence-electron chi connectivity index (χ2n) is 8.20. The molecule has 1 atom stereocenters. The molecule has 0 saturated carbocycles. The number of anilines is 1. The number of quaternary nitrogens is 1. The fourth-order valence-corrected chi connectivity index (χ4v) is 4.59. The van der Waals surface area contributed by atoms with Gasteiger partial charge in [-0.25, -0.2) is 4.79 Å². The van der Waals surface area contributed by atoms with E-state index in [1.54, 1.807) is 14.0 Å². The molecule has 2 N–H and O–H groups in total. The van der Waals surface area contributed by atoms with Gasteiger partial charge in [-0.05, 0) is 31.5 Å². The molecule has 0 aliphatic carbocycles. The highest BCUT2D eigenvalue weighted by Crippen LogP contribution is 2.38. The van der Waals surface area contributed by atoms with Crippen LogP contribution in [0, 0.1) is 6.92 Å². The summed E-state index contributed by atoms with van der Waals surface area (Å²) >= 11 is 0. The number of esters is 1. The first-order valence-electron chi connectivity index (χ1n) is 11.0. The summed E-state index contributed by atoms with van der Waals surface area (Å²) in [6, 6.07) is 12.1. The Morgan fingerprint density at radius 1 is 1.16 bits per heavy atom. The number of hydrogen-bond acceptors (Lipinski definition) is 4. The van der Waals surface area contributed by atoms with Crippen LogP contribution in [0.1, 0.15) is 34.1 Å². The van der Waals surface area contributed by atoms with E-state index in [0.717, 1.165) is 30.7 Å². The van der Waals surface area contributed by atoms with Crippen molar-refractivity contribution in [1.29, 1.82) is 0 Å². The number of rotatable bonds is 6. The van der Waals surface area contributed by atoms with E-state index in [1.807, 2.05) is 36.7 Å². The minimum Gasteiger partial charge on any atom is -0.495 e. The van der Waals surface area contributed by atoms with Crippen molar-refractivity contribution in [1.82, 2.24) is 4.57 Å². The van der Waals surface area contributed by atoms with Crippen LogP contribution in [0.2, 0.25) is 0 Å². The SMILES string of the molecule is CCOC(=O)c1c(C)n(C)c2ccc(OC)c(NC(=O)C[NH+]3CCc4ccccc4C3)c12. The Balaban J connectivity index is 1.65. The lowest BCUT2D eigenvalue weighted by Crippen LogP contribution is -3.12. The highest BCUT2D eigenvalue weighted by molar-refractivity contribution is 6.14. The highest BCUT2D eigenvalue weighted by atomic mass is 16.5. The smallest absolute Gasteiger partial charge is 0.340 e. The molecule has 2 aromatic carbocycles. The first kappa shape index (κ1) is 21.9. The van der Waals surface area contributed by atoms with Gasteiger partial charge in [-0.3, -0.25) is 4.79 Å². The van der Waals surface area contributed by atoms with E-state index in [1.165, 1.54) is 16.0 Å². The molecule has 1 aliphatic rings. The molecule has 0 bridgehead atoms. The molecular weight excluding hydrogens is 406 g/mol. The van der Waals surface area contributed by atoms with Crippen molar-refractivity contribution in [2.45, 2.75) is 26.8 Å². The third kappa shape index (κ3) is 3.96. The van der Waals surface area contributed by atoms with Crippen LogP contribution in [0.15, 0.2) is 36.4 Å². The number of carbonyl (C=O) groups is 2.